The number of methoxy groups -OCH3 is 1. The maximum Gasteiger partial charge on any atom is 0.419 e. The van der Waals surface area contributed by atoms with Gasteiger partial charge in [-0.15, -0.1) is 0 Å². The van der Waals surface area contributed by atoms with Crippen molar-refractivity contribution in [3.05, 3.63) is 47.8 Å². The summed E-state index contributed by atoms with van der Waals surface area (Å²) < 4.78 is 86.0. The third kappa shape index (κ3) is 3.69. The zero-order valence-electron chi connectivity index (χ0n) is 11.5. The van der Waals surface area contributed by atoms with E-state index in [-0.39, 0.29) is 11.1 Å². The summed E-state index contributed by atoms with van der Waals surface area (Å²) in [6, 6.07) is 6.75. The highest BCUT2D eigenvalue weighted by Gasteiger charge is 2.35. The Morgan fingerprint density at radius 3 is 2.39 bits per heavy atom. The standard InChI is InChI=1S/C15H9F6O2/c1-22-13-10(3-2-4-11(13)15(19,20)21)9-6-5-8(16)7-12(9)23-14(17)18/h2,4-7,14H,1H3. The van der Waals surface area contributed by atoms with Gasteiger partial charge in [-0.1, -0.05) is 6.07 Å². The van der Waals surface area contributed by atoms with Crippen LogP contribution in [0.3, 0.4) is 0 Å². The van der Waals surface area contributed by atoms with E-state index in [1.54, 1.807) is 0 Å². The molecule has 2 nitrogen and oxygen atoms in total. The topological polar surface area (TPSA) is 18.5 Å². The fourth-order valence-electron chi connectivity index (χ4n) is 2.02. The minimum absolute atomic E-state index is 0.199. The molecular weight excluding hydrogens is 326 g/mol. The normalized spacial score (nSPS) is 11.7. The molecule has 0 aromatic heterocycles. The van der Waals surface area contributed by atoms with Gasteiger partial charge in [0, 0.05) is 17.2 Å². The molecule has 0 saturated heterocycles. The largest absolute Gasteiger partial charge is 0.495 e. The minimum atomic E-state index is -4.72. The van der Waals surface area contributed by atoms with Gasteiger partial charge in [-0.2, -0.15) is 22.0 Å². The van der Waals surface area contributed by atoms with Crippen molar-refractivity contribution in [3.8, 4) is 22.6 Å². The molecular formula is C15H9F6O2. The van der Waals surface area contributed by atoms with E-state index in [0.29, 0.717) is 6.07 Å². The summed E-state index contributed by atoms with van der Waals surface area (Å²) in [4.78, 5) is 0. The first-order valence-corrected chi connectivity index (χ1v) is 6.14. The third-order valence-electron chi connectivity index (χ3n) is 2.89. The van der Waals surface area contributed by atoms with Gasteiger partial charge in [0.2, 0.25) is 0 Å². The molecule has 1 radical (unpaired) electrons. The van der Waals surface area contributed by atoms with Crippen molar-refractivity contribution in [3.63, 3.8) is 0 Å². The molecule has 0 amide bonds. The molecule has 2 aromatic rings. The van der Waals surface area contributed by atoms with Crippen LogP contribution in [-0.4, -0.2) is 13.7 Å². The molecule has 0 fully saturated rings. The summed E-state index contributed by atoms with van der Waals surface area (Å²) in [5.41, 5.74) is -1.58. The molecule has 2 rings (SSSR count). The molecule has 23 heavy (non-hydrogen) atoms. The second-order valence-corrected chi connectivity index (χ2v) is 4.32. The highest BCUT2D eigenvalue weighted by atomic mass is 19.4. The van der Waals surface area contributed by atoms with Gasteiger partial charge >= 0.3 is 12.8 Å². The summed E-state index contributed by atoms with van der Waals surface area (Å²) in [6.45, 7) is -3.27. The van der Waals surface area contributed by atoms with Crippen LogP contribution in [0.15, 0.2) is 30.3 Å². The SMILES string of the molecule is COc1c(-c2ccc(F)cc2OC(F)F)[c]ccc1C(F)(F)F. The predicted octanol–water partition coefficient (Wildman–Crippen LogP) is 4.92. The maximum atomic E-state index is 13.2. The molecule has 2 aromatic carbocycles. The molecule has 0 unspecified atom stereocenters. The number of rotatable bonds is 4. The zero-order valence-corrected chi connectivity index (χ0v) is 11.5. The van der Waals surface area contributed by atoms with Gasteiger partial charge in [0.25, 0.3) is 0 Å². The Morgan fingerprint density at radius 1 is 1.13 bits per heavy atom. The smallest absolute Gasteiger partial charge is 0.419 e. The Kier molecular flexibility index (Phi) is 4.72. The van der Waals surface area contributed by atoms with Crippen LogP contribution < -0.4 is 9.47 Å². The van der Waals surface area contributed by atoms with E-state index in [1.807, 2.05) is 0 Å². The summed E-state index contributed by atoms with van der Waals surface area (Å²) in [5.74, 6) is -2.12. The van der Waals surface area contributed by atoms with E-state index in [0.717, 1.165) is 31.4 Å². The van der Waals surface area contributed by atoms with E-state index < -0.39 is 35.7 Å². The van der Waals surface area contributed by atoms with Gasteiger partial charge < -0.3 is 9.47 Å². The molecule has 0 N–H and O–H groups in total. The fraction of sp³-hybridized carbons (Fsp3) is 0.200. The van der Waals surface area contributed by atoms with Crippen molar-refractivity contribution in [2.24, 2.45) is 0 Å². The van der Waals surface area contributed by atoms with Crippen LogP contribution in [0.1, 0.15) is 5.56 Å². The Balaban J connectivity index is 2.67. The predicted molar refractivity (Wildman–Crippen MR) is 68.9 cm³/mol. The first-order valence-electron chi connectivity index (χ1n) is 6.14. The van der Waals surface area contributed by atoms with Crippen molar-refractivity contribution < 1.29 is 35.8 Å². The van der Waals surface area contributed by atoms with Crippen LogP contribution in [0.25, 0.3) is 11.1 Å². The number of hydrogen-bond acceptors (Lipinski definition) is 2. The van der Waals surface area contributed by atoms with E-state index in [4.69, 9.17) is 4.74 Å². The number of benzene rings is 2. The number of alkyl halides is 5. The van der Waals surface area contributed by atoms with Crippen molar-refractivity contribution in [2.45, 2.75) is 12.8 Å². The molecule has 0 heterocycles. The quantitative estimate of drug-likeness (QED) is 0.738. The Labute approximate surface area is 127 Å². The summed E-state index contributed by atoms with van der Waals surface area (Å²) in [6.07, 6.45) is -4.72. The van der Waals surface area contributed by atoms with E-state index in [2.05, 4.69) is 10.8 Å². The monoisotopic (exact) mass is 335 g/mol. The van der Waals surface area contributed by atoms with Crippen LogP contribution >= 0.6 is 0 Å². The molecule has 0 bridgehead atoms. The average Bonchev–Trinajstić information content (AvgIpc) is 2.45. The fourth-order valence-corrected chi connectivity index (χ4v) is 2.02. The second-order valence-electron chi connectivity index (χ2n) is 4.32. The summed E-state index contributed by atoms with van der Waals surface area (Å²) in [7, 11) is 0.999. The van der Waals surface area contributed by atoms with Gasteiger partial charge in [-0.05, 0) is 24.3 Å². The lowest BCUT2D eigenvalue weighted by atomic mass is 10.00. The van der Waals surface area contributed by atoms with Gasteiger partial charge in [-0.3, -0.25) is 0 Å². The lowest BCUT2D eigenvalue weighted by molar-refractivity contribution is -0.138. The number of halogens is 6. The van der Waals surface area contributed by atoms with Crippen molar-refractivity contribution in [2.75, 3.05) is 7.11 Å². The summed E-state index contributed by atoms with van der Waals surface area (Å²) >= 11 is 0. The number of ether oxygens (including phenoxy) is 2. The van der Waals surface area contributed by atoms with E-state index >= 15 is 0 Å². The minimum Gasteiger partial charge on any atom is -0.495 e. The van der Waals surface area contributed by atoms with Gasteiger partial charge in [0.1, 0.15) is 17.3 Å². The zero-order chi connectivity index (χ0) is 17.2. The third-order valence-corrected chi connectivity index (χ3v) is 2.89. The molecule has 0 aliphatic heterocycles. The molecule has 0 aliphatic rings. The molecule has 0 spiro atoms. The first-order chi connectivity index (χ1) is 10.7. The lowest BCUT2D eigenvalue weighted by Crippen LogP contribution is -2.09. The van der Waals surface area contributed by atoms with E-state index in [1.165, 1.54) is 0 Å². The Morgan fingerprint density at radius 2 is 1.83 bits per heavy atom. The van der Waals surface area contributed by atoms with Crippen LogP contribution in [-0.2, 0) is 6.18 Å². The lowest BCUT2D eigenvalue weighted by Gasteiger charge is -2.17. The van der Waals surface area contributed by atoms with E-state index in [9.17, 15) is 26.3 Å². The number of hydrogen-bond donors (Lipinski definition) is 0. The molecule has 123 valence electrons. The van der Waals surface area contributed by atoms with Gasteiger partial charge in [0.05, 0.1) is 12.7 Å². The highest BCUT2D eigenvalue weighted by Crippen LogP contribution is 2.44. The van der Waals surface area contributed by atoms with Gasteiger partial charge in [-0.25, -0.2) is 4.39 Å². The molecule has 0 aliphatic carbocycles. The molecule has 8 heteroatoms. The van der Waals surface area contributed by atoms with Crippen LogP contribution in [0.5, 0.6) is 11.5 Å². The van der Waals surface area contributed by atoms with Crippen LogP contribution in [0.4, 0.5) is 26.3 Å². The highest BCUT2D eigenvalue weighted by molar-refractivity contribution is 5.77. The van der Waals surface area contributed by atoms with Crippen LogP contribution in [0.2, 0.25) is 0 Å². The van der Waals surface area contributed by atoms with Crippen molar-refractivity contribution >= 4 is 0 Å². The van der Waals surface area contributed by atoms with Crippen molar-refractivity contribution in [1.82, 2.24) is 0 Å². The Bertz CT molecular complexity index is 697. The average molecular weight is 335 g/mol. The first kappa shape index (κ1) is 17.0. The Hall–Kier alpha value is -2.38. The summed E-state index contributed by atoms with van der Waals surface area (Å²) in [5, 5.41) is 0. The maximum absolute atomic E-state index is 13.2. The van der Waals surface area contributed by atoms with Crippen LogP contribution in [0, 0.1) is 11.9 Å². The second kappa shape index (κ2) is 6.39. The van der Waals surface area contributed by atoms with Gasteiger partial charge in [0.15, 0.2) is 0 Å². The molecule has 0 saturated carbocycles. The van der Waals surface area contributed by atoms with Crippen molar-refractivity contribution in [1.29, 1.82) is 0 Å². The molecule has 0 atom stereocenters.